The Morgan fingerprint density at radius 1 is 1.09 bits per heavy atom. The van der Waals surface area contributed by atoms with Crippen molar-refractivity contribution in [2.75, 3.05) is 26.2 Å². The van der Waals surface area contributed by atoms with Crippen molar-refractivity contribution >= 4 is 21.8 Å². The van der Waals surface area contributed by atoms with Crippen molar-refractivity contribution in [3.8, 4) is 0 Å². The minimum absolute atomic E-state index is 0.0375. The lowest BCUT2D eigenvalue weighted by atomic mass is 9.98. The molecule has 2 fully saturated rings. The fourth-order valence-corrected chi connectivity index (χ4v) is 6.32. The molecule has 0 aliphatic carbocycles. The molecule has 1 N–H and O–H groups in total. The number of amides is 2. The fourth-order valence-electron chi connectivity index (χ4n) is 4.68. The Hall–Kier alpha value is -1.97. The van der Waals surface area contributed by atoms with Gasteiger partial charge in [0.25, 0.3) is 5.91 Å². The lowest BCUT2D eigenvalue weighted by Gasteiger charge is -2.34. The zero-order chi connectivity index (χ0) is 24.2. The van der Waals surface area contributed by atoms with E-state index < -0.39 is 10.0 Å². The van der Waals surface area contributed by atoms with Gasteiger partial charge in [0.15, 0.2) is 0 Å². The standard InChI is InChI=1S/C24H37N3O5S/c1-5-19(6-2)24(29)26-12-10-21(11-13-26)25-23(28)20-8-7-9-22(14-20)33(30,31)27-15-17(3)32-18(4)16-27/h7-9,14,17-19,21H,5-6,10-13,15-16H2,1-4H3,(H,25,28). The van der Waals surface area contributed by atoms with Crippen molar-refractivity contribution in [3.63, 3.8) is 0 Å². The lowest BCUT2D eigenvalue weighted by Crippen LogP contribution is -2.48. The topological polar surface area (TPSA) is 96.0 Å². The molecule has 2 aliphatic rings. The highest BCUT2D eigenvalue weighted by Gasteiger charge is 2.33. The first-order valence-electron chi connectivity index (χ1n) is 12.0. The molecule has 2 atom stereocenters. The maximum absolute atomic E-state index is 13.1. The highest BCUT2D eigenvalue weighted by Crippen LogP contribution is 2.22. The summed E-state index contributed by atoms with van der Waals surface area (Å²) in [6.07, 6.45) is 2.70. The molecule has 2 saturated heterocycles. The highest BCUT2D eigenvalue weighted by molar-refractivity contribution is 7.89. The molecule has 8 nitrogen and oxygen atoms in total. The first-order valence-corrected chi connectivity index (χ1v) is 13.4. The summed E-state index contributed by atoms with van der Waals surface area (Å²) in [4.78, 5) is 27.5. The number of nitrogens with one attached hydrogen (secondary N) is 1. The van der Waals surface area contributed by atoms with Gasteiger partial charge in [0.05, 0.1) is 17.1 Å². The molecule has 184 valence electrons. The number of sulfonamides is 1. The molecular formula is C24H37N3O5S. The van der Waals surface area contributed by atoms with Gasteiger partial charge in [-0.2, -0.15) is 4.31 Å². The minimum Gasteiger partial charge on any atom is -0.373 e. The van der Waals surface area contributed by atoms with Crippen LogP contribution in [-0.2, 0) is 19.6 Å². The van der Waals surface area contributed by atoms with E-state index in [1.807, 2.05) is 32.6 Å². The van der Waals surface area contributed by atoms with Gasteiger partial charge in [0.1, 0.15) is 0 Å². The van der Waals surface area contributed by atoms with Crippen LogP contribution >= 0.6 is 0 Å². The smallest absolute Gasteiger partial charge is 0.251 e. The number of likely N-dealkylation sites (tertiary alicyclic amines) is 1. The number of carbonyl (C=O) groups excluding carboxylic acids is 2. The van der Waals surface area contributed by atoms with Crippen molar-refractivity contribution in [1.82, 2.24) is 14.5 Å². The molecule has 1 aromatic rings. The van der Waals surface area contributed by atoms with Crippen LogP contribution in [0.2, 0.25) is 0 Å². The molecule has 3 rings (SSSR count). The van der Waals surface area contributed by atoms with Crippen LogP contribution in [0.5, 0.6) is 0 Å². The van der Waals surface area contributed by atoms with Gasteiger partial charge in [-0.1, -0.05) is 19.9 Å². The molecule has 2 aliphatic heterocycles. The Morgan fingerprint density at radius 3 is 2.27 bits per heavy atom. The summed E-state index contributed by atoms with van der Waals surface area (Å²) in [5.41, 5.74) is 0.320. The van der Waals surface area contributed by atoms with Crippen molar-refractivity contribution in [1.29, 1.82) is 0 Å². The molecule has 0 saturated carbocycles. The quantitative estimate of drug-likeness (QED) is 0.649. The zero-order valence-corrected chi connectivity index (χ0v) is 20.9. The number of hydrogen-bond donors (Lipinski definition) is 1. The molecule has 0 bridgehead atoms. The van der Waals surface area contributed by atoms with Gasteiger partial charge in [-0.3, -0.25) is 9.59 Å². The van der Waals surface area contributed by atoms with E-state index in [1.165, 1.54) is 16.4 Å². The molecule has 0 radical (unpaired) electrons. The fraction of sp³-hybridized carbons (Fsp3) is 0.667. The number of piperidine rings is 1. The second-order valence-corrected chi connectivity index (χ2v) is 11.1. The molecule has 2 amide bonds. The molecule has 33 heavy (non-hydrogen) atoms. The first kappa shape index (κ1) is 25.6. The van der Waals surface area contributed by atoms with Crippen LogP contribution < -0.4 is 5.32 Å². The Labute approximate surface area is 197 Å². The monoisotopic (exact) mass is 479 g/mol. The van der Waals surface area contributed by atoms with Crippen LogP contribution in [-0.4, -0.2) is 73.9 Å². The molecular weight excluding hydrogens is 442 g/mol. The van der Waals surface area contributed by atoms with Crippen LogP contribution in [0.3, 0.4) is 0 Å². The number of nitrogens with zero attached hydrogens (tertiary/aromatic N) is 2. The number of rotatable bonds is 7. The number of carbonyl (C=O) groups is 2. The summed E-state index contributed by atoms with van der Waals surface area (Å²) in [7, 11) is -3.72. The van der Waals surface area contributed by atoms with E-state index >= 15 is 0 Å². The van der Waals surface area contributed by atoms with Crippen molar-refractivity contribution in [2.45, 2.75) is 76.5 Å². The lowest BCUT2D eigenvalue weighted by molar-refractivity contribution is -0.136. The Morgan fingerprint density at radius 2 is 1.70 bits per heavy atom. The minimum atomic E-state index is -3.72. The Kier molecular flexibility index (Phi) is 8.53. The highest BCUT2D eigenvalue weighted by atomic mass is 32.2. The Bertz CT molecular complexity index is 929. The number of morpholine rings is 1. The van der Waals surface area contributed by atoms with Gasteiger partial charge < -0.3 is 15.0 Å². The largest absolute Gasteiger partial charge is 0.373 e. The predicted octanol–water partition coefficient (Wildman–Crippen LogP) is 2.64. The maximum atomic E-state index is 13.1. The van der Waals surface area contributed by atoms with E-state index in [-0.39, 0.29) is 54.0 Å². The third-order valence-corrected chi connectivity index (χ3v) is 8.42. The van der Waals surface area contributed by atoms with Crippen LogP contribution in [0.15, 0.2) is 29.2 Å². The zero-order valence-electron chi connectivity index (χ0n) is 20.1. The van der Waals surface area contributed by atoms with E-state index in [0.29, 0.717) is 31.5 Å². The van der Waals surface area contributed by atoms with E-state index in [1.54, 1.807) is 12.1 Å². The predicted molar refractivity (Wildman–Crippen MR) is 126 cm³/mol. The van der Waals surface area contributed by atoms with Crippen molar-refractivity contribution in [3.05, 3.63) is 29.8 Å². The molecule has 1 aromatic carbocycles. The van der Waals surface area contributed by atoms with Crippen LogP contribution in [0, 0.1) is 5.92 Å². The molecule has 2 unspecified atom stereocenters. The van der Waals surface area contributed by atoms with E-state index in [2.05, 4.69) is 5.32 Å². The summed E-state index contributed by atoms with van der Waals surface area (Å²) in [5, 5.41) is 3.02. The molecule has 0 spiro atoms. The average molecular weight is 480 g/mol. The van der Waals surface area contributed by atoms with Gasteiger partial charge in [-0.25, -0.2) is 8.42 Å². The van der Waals surface area contributed by atoms with Gasteiger partial charge in [0, 0.05) is 43.7 Å². The first-order chi connectivity index (χ1) is 15.6. The number of ether oxygens (including phenoxy) is 1. The van der Waals surface area contributed by atoms with E-state index in [4.69, 9.17) is 4.74 Å². The number of hydrogen-bond acceptors (Lipinski definition) is 5. The van der Waals surface area contributed by atoms with Crippen LogP contribution in [0.1, 0.15) is 63.7 Å². The normalized spacial score (nSPS) is 23.0. The third kappa shape index (κ3) is 6.13. The van der Waals surface area contributed by atoms with Crippen LogP contribution in [0.4, 0.5) is 0 Å². The van der Waals surface area contributed by atoms with Gasteiger partial charge in [-0.05, 0) is 57.7 Å². The second-order valence-electron chi connectivity index (χ2n) is 9.19. The summed E-state index contributed by atoms with van der Waals surface area (Å²) in [6, 6.07) is 6.17. The van der Waals surface area contributed by atoms with Crippen LogP contribution in [0.25, 0.3) is 0 Å². The molecule has 9 heteroatoms. The average Bonchev–Trinajstić information content (AvgIpc) is 2.79. The molecule has 0 aromatic heterocycles. The SMILES string of the molecule is CCC(CC)C(=O)N1CCC(NC(=O)c2cccc(S(=O)(=O)N3CC(C)OC(C)C3)c2)CC1. The van der Waals surface area contributed by atoms with Crippen molar-refractivity contribution in [2.24, 2.45) is 5.92 Å². The number of benzene rings is 1. The van der Waals surface area contributed by atoms with Gasteiger partial charge in [0.2, 0.25) is 15.9 Å². The summed E-state index contributed by atoms with van der Waals surface area (Å²) in [6.45, 7) is 9.61. The Balaban J connectivity index is 1.62. The third-order valence-electron chi connectivity index (χ3n) is 6.60. The maximum Gasteiger partial charge on any atom is 0.251 e. The van der Waals surface area contributed by atoms with Gasteiger partial charge >= 0.3 is 0 Å². The van der Waals surface area contributed by atoms with Gasteiger partial charge in [-0.15, -0.1) is 0 Å². The van der Waals surface area contributed by atoms with E-state index in [0.717, 1.165) is 12.8 Å². The van der Waals surface area contributed by atoms with Crippen molar-refractivity contribution < 1.29 is 22.7 Å². The second kappa shape index (κ2) is 11.0. The molecule has 2 heterocycles. The summed E-state index contributed by atoms with van der Waals surface area (Å²) < 4.78 is 33.4. The summed E-state index contributed by atoms with van der Waals surface area (Å²) in [5.74, 6) is -0.0201. The van der Waals surface area contributed by atoms with E-state index in [9.17, 15) is 18.0 Å². The summed E-state index contributed by atoms with van der Waals surface area (Å²) >= 11 is 0.